The highest BCUT2D eigenvalue weighted by Gasteiger charge is 2.15. The van der Waals surface area contributed by atoms with Gasteiger partial charge in [0.15, 0.2) is 0 Å². The number of urea groups is 1. The molecule has 0 aliphatic rings. The smallest absolute Gasteiger partial charge is 0.338 e. The number of nitrogens with one attached hydrogen (secondary N) is 2. The number of anilines is 2. The van der Waals surface area contributed by atoms with Crippen LogP contribution < -0.4 is 10.6 Å². The number of thiophene rings is 1. The van der Waals surface area contributed by atoms with Crippen LogP contribution in [-0.4, -0.2) is 17.1 Å². The molecule has 0 saturated heterocycles. The number of rotatable bonds is 3. The molecular formula is C13H11FN2O3S. The van der Waals surface area contributed by atoms with Crippen molar-refractivity contribution >= 4 is 34.0 Å². The summed E-state index contributed by atoms with van der Waals surface area (Å²) >= 11 is 1.17. The molecular weight excluding hydrogens is 283 g/mol. The van der Waals surface area contributed by atoms with Crippen molar-refractivity contribution in [3.8, 4) is 0 Å². The van der Waals surface area contributed by atoms with E-state index >= 15 is 0 Å². The highest BCUT2D eigenvalue weighted by Crippen LogP contribution is 2.27. The van der Waals surface area contributed by atoms with Gasteiger partial charge in [-0.3, -0.25) is 5.32 Å². The fraction of sp³-hybridized carbons (Fsp3) is 0.0769. The van der Waals surface area contributed by atoms with Gasteiger partial charge in [-0.2, -0.15) is 0 Å². The normalized spacial score (nSPS) is 10.1. The Hall–Kier alpha value is -2.41. The number of halogens is 1. The molecule has 0 atom stereocenters. The molecule has 0 aliphatic carbocycles. The van der Waals surface area contributed by atoms with E-state index in [1.54, 1.807) is 6.92 Å². The van der Waals surface area contributed by atoms with Crippen molar-refractivity contribution in [2.45, 2.75) is 6.92 Å². The zero-order valence-corrected chi connectivity index (χ0v) is 11.3. The van der Waals surface area contributed by atoms with Crippen LogP contribution in [0.5, 0.6) is 0 Å². The molecule has 0 fully saturated rings. The Morgan fingerprint density at radius 2 is 1.85 bits per heavy atom. The number of amides is 2. The number of benzene rings is 1. The SMILES string of the molecule is Cc1cc(C(=O)O)c(NC(=O)Nc2ccc(F)cc2)s1. The quantitative estimate of drug-likeness (QED) is 0.810. The summed E-state index contributed by atoms with van der Waals surface area (Å²) in [5.41, 5.74) is 0.454. The van der Waals surface area contributed by atoms with E-state index in [2.05, 4.69) is 10.6 Å². The van der Waals surface area contributed by atoms with E-state index in [1.807, 2.05) is 0 Å². The van der Waals surface area contributed by atoms with Gasteiger partial charge in [-0.15, -0.1) is 11.3 Å². The number of hydrogen-bond donors (Lipinski definition) is 3. The van der Waals surface area contributed by atoms with Crippen molar-refractivity contribution in [2.24, 2.45) is 0 Å². The first-order valence-electron chi connectivity index (χ1n) is 5.63. The Bertz CT molecular complexity index is 652. The number of aromatic carboxylic acids is 1. The van der Waals surface area contributed by atoms with Crippen LogP contribution in [0, 0.1) is 12.7 Å². The first-order chi connectivity index (χ1) is 9.45. The second-order valence-corrected chi connectivity index (χ2v) is 5.25. The van der Waals surface area contributed by atoms with Crippen molar-refractivity contribution in [2.75, 3.05) is 10.6 Å². The van der Waals surface area contributed by atoms with Crippen LogP contribution in [0.25, 0.3) is 0 Å². The summed E-state index contributed by atoms with van der Waals surface area (Å²) in [6.07, 6.45) is 0. The van der Waals surface area contributed by atoms with Gasteiger partial charge in [0.2, 0.25) is 0 Å². The lowest BCUT2D eigenvalue weighted by molar-refractivity contribution is 0.0698. The zero-order chi connectivity index (χ0) is 14.7. The van der Waals surface area contributed by atoms with Crippen LogP contribution in [0.4, 0.5) is 19.9 Å². The van der Waals surface area contributed by atoms with Gasteiger partial charge in [-0.25, -0.2) is 14.0 Å². The van der Waals surface area contributed by atoms with Gasteiger partial charge in [0, 0.05) is 10.6 Å². The molecule has 7 heteroatoms. The molecule has 1 aromatic carbocycles. The summed E-state index contributed by atoms with van der Waals surface area (Å²) in [6.45, 7) is 1.75. The average Bonchev–Trinajstić information content (AvgIpc) is 2.73. The lowest BCUT2D eigenvalue weighted by Crippen LogP contribution is -2.19. The molecule has 0 bridgehead atoms. The van der Waals surface area contributed by atoms with Gasteiger partial charge in [0.25, 0.3) is 0 Å². The Morgan fingerprint density at radius 3 is 2.45 bits per heavy atom. The van der Waals surface area contributed by atoms with Crippen LogP contribution in [-0.2, 0) is 0 Å². The Balaban J connectivity index is 2.08. The number of carbonyl (C=O) groups is 2. The molecule has 0 unspecified atom stereocenters. The largest absolute Gasteiger partial charge is 0.478 e. The minimum atomic E-state index is -1.11. The van der Waals surface area contributed by atoms with Crippen LogP contribution in [0.2, 0.25) is 0 Å². The molecule has 0 radical (unpaired) electrons. The fourth-order valence-corrected chi connectivity index (χ4v) is 2.46. The van der Waals surface area contributed by atoms with Crippen molar-refractivity contribution in [3.05, 3.63) is 46.6 Å². The third-order valence-corrected chi connectivity index (χ3v) is 3.38. The molecule has 5 nitrogen and oxygen atoms in total. The topological polar surface area (TPSA) is 78.4 Å². The molecule has 3 N–H and O–H groups in total. The maximum atomic E-state index is 12.7. The maximum Gasteiger partial charge on any atom is 0.338 e. The third-order valence-electron chi connectivity index (χ3n) is 2.41. The van der Waals surface area contributed by atoms with E-state index < -0.39 is 17.8 Å². The van der Waals surface area contributed by atoms with Crippen LogP contribution in [0.15, 0.2) is 30.3 Å². The maximum absolute atomic E-state index is 12.7. The molecule has 104 valence electrons. The van der Waals surface area contributed by atoms with Crippen molar-refractivity contribution in [1.29, 1.82) is 0 Å². The zero-order valence-electron chi connectivity index (χ0n) is 10.4. The van der Waals surface area contributed by atoms with E-state index in [9.17, 15) is 14.0 Å². The van der Waals surface area contributed by atoms with Gasteiger partial charge in [-0.05, 0) is 37.3 Å². The lowest BCUT2D eigenvalue weighted by Gasteiger charge is -2.06. The number of carboxylic acid groups (broad SMARTS) is 1. The van der Waals surface area contributed by atoms with Gasteiger partial charge in [0.1, 0.15) is 10.8 Å². The molecule has 20 heavy (non-hydrogen) atoms. The average molecular weight is 294 g/mol. The van der Waals surface area contributed by atoms with Crippen molar-refractivity contribution < 1.29 is 19.1 Å². The summed E-state index contributed by atoms with van der Waals surface area (Å²) in [4.78, 5) is 23.5. The summed E-state index contributed by atoms with van der Waals surface area (Å²) in [7, 11) is 0. The second kappa shape index (κ2) is 5.70. The second-order valence-electron chi connectivity index (χ2n) is 3.99. The summed E-state index contributed by atoms with van der Waals surface area (Å²) in [5, 5.41) is 14.2. The van der Waals surface area contributed by atoms with Crippen LogP contribution in [0.3, 0.4) is 0 Å². The standard InChI is InChI=1S/C13H11FN2O3S/c1-7-6-10(12(17)18)11(20-7)16-13(19)15-9-4-2-8(14)3-5-9/h2-6H,1H3,(H,17,18)(H2,15,16,19). The van der Waals surface area contributed by atoms with Crippen molar-refractivity contribution in [1.82, 2.24) is 0 Å². The van der Waals surface area contributed by atoms with Crippen LogP contribution in [0.1, 0.15) is 15.2 Å². The van der Waals surface area contributed by atoms with Gasteiger partial charge in [-0.1, -0.05) is 0 Å². The van der Waals surface area contributed by atoms with E-state index in [1.165, 1.54) is 41.7 Å². The fourth-order valence-electron chi connectivity index (χ4n) is 1.56. The van der Waals surface area contributed by atoms with Crippen LogP contribution >= 0.6 is 11.3 Å². The molecule has 0 saturated carbocycles. The Morgan fingerprint density at radius 1 is 1.20 bits per heavy atom. The minimum Gasteiger partial charge on any atom is -0.478 e. The number of carboxylic acids is 1. The molecule has 0 aliphatic heterocycles. The van der Waals surface area contributed by atoms with Gasteiger partial charge in [0.05, 0.1) is 5.56 Å². The third kappa shape index (κ3) is 3.33. The van der Waals surface area contributed by atoms with Gasteiger partial charge < -0.3 is 10.4 Å². The van der Waals surface area contributed by atoms with Gasteiger partial charge >= 0.3 is 12.0 Å². The van der Waals surface area contributed by atoms with Crippen molar-refractivity contribution in [3.63, 3.8) is 0 Å². The monoisotopic (exact) mass is 294 g/mol. The van der Waals surface area contributed by atoms with E-state index in [0.717, 1.165) is 4.88 Å². The highest BCUT2D eigenvalue weighted by molar-refractivity contribution is 7.16. The predicted octanol–water partition coefficient (Wildman–Crippen LogP) is 3.54. The van der Waals surface area contributed by atoms with E-state index in [-0.39, 0.29) is 10.6 Å². The first-order valence-corrected chi connectivity index (χ1v) is 6.44. The Kier molecular flexibility index (Phi) is 3.99. The van der Waals surface area contributed by atoms with E-state index in [0.29, 0.717) is 5.69 Å². The molecule has 0 spiro atoms. The molecule has 1 aromatic heterocycles. The molecule has 2 aromatic rings. The lowest BCUT2D eigenvalue weighted by atomic mass is 10.3. The predicted molar refractivity (Wildman–Crippen MR) is 75.1 cm³/mol. The summed E-state index contributed by atoms with van der Waals surface area (Å²) in [5.74, 6) is -1.51. The molecule has 2 amide bonds. The van der Waals surface area contributed by atoms with E-state index in [4.69, 9.17) is 5.11 Å². The number of aryl methyl sites for hydroxylation is 1. The number of hydrogen-bond acceptors (Lipinski definition) is 3. The number of carbonyl (C=O) groups excluding carboxylic acids is 1. The molecule has 1 heterocycles. The highest BCUT2D eigenvalue weighted by atomic mass is 32.1. The molecule has 2 rings (SSSR count). The first kappa shape index (κ1) is 14.0. The summed E-state index contributed by atoms with van der Waals surface area (Å²) < 4.78 is 12.7. The summed E-state index contributed by atoms with van der Waals surface area (Å²) in [6, 6.07) is 6.15. The minimum absolute atomic E-state index is 0.0433. The Labute approximate surface area is 118 Å².